The van der Waals surface area contributed by atoms with E-state index in [0.717, 1.165) is 11.3 Å². The van der Waals surface area contributed by atoms with E-state index in [-0.39, 0.29) is 0 Å². The second-order valence-corrected chi connectivity index (χ2v) is 3.21. The SMILES string of the molecule is C(=Nc1ccccc1)c1ccccc1.O=S=O. The summed E-state index contributed by atoms with van der Waals surface area (Å²) in [7, 11) is 0. The van der Waals surface area contributed by atoms with E-state index in [1.807, 2.05) is 66.9 Å². The van der Waals surface area contributed by atoms with E-state index in [1.54, 1.807) is 0 Å². The van der Waals surface area contributed by atoms with Crippen molar-refractivity contribution >= 4 is 23.5 Å². The molecule has 2 rings (SSSR count). The topological polar surface area (TPSA) is 46.5 Å². The van der Waals surface area contributed by atoms with Crippen LogP contribution in [0.2, 0.25) is 0 Å². The third-order valence-corrected chi connectivity index (χ3v) is 1.92. The molecular formula is C13H11NO2S. The molecule has 0 unspecified atom stereocenters. The normalized spacial score (nSPS) is 9.41. The Morgan fingerprint density at radius 3 is 1.82 bits per heavy atom. The van der Waals surface area contributed by atoms with Crippen LogP contribution in [0.5, 0.6) is 0 Å². The van der Waals surface area contributed by atoms with Crippen molar-refractivity contribution in [2.24, 2.45) is 4.99 Å². The predicted molar refractivity (Wildman–Crippen MR) is 69.1 cm³/mol. The number of hydrogen-bond donors (Lipinski definition) is 0. The van der Waals surface area contributed by atoms with E-state index in [9.17, 15) is 0 Å². The summed E-state index contributed by atoms with van der Waals surface area (Å²) in [4.78, 5) is 4.35. The van der Waals surface area contributed by atoms with Crippen LogP contribution in [0.1, 0.15) is 5.56 Å². The predicted octanol–water partition coefficient (Wildman–Crippen LogP) is 2.77. The molecule has 0 N–H and O–H groups in total. The van der Waals surface area contributed by atoms with Gasteiger partial charge in [0, 0.05) is 6.21 Å². The Hall–Kier alpha value is -2.07. The summed E-state index contributed by atoms with van der Waals surface area (Å²) in [5.41, 5.74) is 2.10. The third-order valence-electron chi connectivity index (χ3n) is 1.92. The summed E-state index contributed by atoms with van der Waals surface area (Å²) >= 11 is -0.750. The molecule has 2 aromatic carbocycles. The first-order chi connectivity index (χ1) is 8.36. The van der Waals surface area contributed by atoms with Crippen LogP contribution in [0.4, 0.5) is 5.69 Å². The Bertz CT molecular complexity index is 450. The fourth-order valence-corrected chi connectivity index (χ4v) is 1.20. The second-order valence-electron chi connectivity index (χ2n) is 3.07. The highest BCUT2D eigenvalue weighted by atomic mass is 32.1. The maximum atomic E-state index is 8.29. The molecule has 86 valence electrons. The van der Waals surface area contributed by atoms with Crippen LogP contribution in [-0.2, 0) is 11.6 Å². The minimum atomic E-state index is -0.750. The molecule has 0 amide bonds. The van der Waals surface area contributed by atoms with Gasteiger partial charge in [0.2, 0.25) is 0 Å². The zero-order valence-corrected chi connectivity index (χ0v) is 9.84. The van der Waals surface area contributed by atoms with Gasteiger partial charge in [0.1, 0.15) is 0 Å². The van der Waals surface area contributed by atoms with Gasteiger partial charge in [-0.1, -0.05) is 48.5 Å². The van der Waals surface area contributed by atoms with Crippen LogP contribution in [-0.4, -0.2) is 14.6 Å². The van der Waals surface area contributed by atoms with Crippen molar-refractivity contribution in [2.75, 3.05) is 0 Å². The highest BCUT2D eigenvalue weighted by molar-refractivity contribution is 7.51. The average molecular weight is 245 g/mol. The fourth-order valence-electron chi connectivity index (χ4n) is 1.20. The molecule has 0 bridgehead atoms. The zero-order chi connectivity index (χ0) is 12.3. The molecule has 3 nitrogen and oxygen atoms in total. The van der Waals surface area contributed by atoms with Gasteiger partial charge in [-0.15, -0.1) is 0 Å². The monoisotopic (exact) mass is 245 g/mol. The summed E-state index contributed by atoms with van der Waals surface area (Å²) in [5.74, 6) is 0. The molecule has 0 aromatic heterocycles. The van der Waals surface area contributed by atoms with Gasteiger partial charge in [0.15, 0.2) is 0 Å². The van der Waals surface area contributed by atoms with Crippen molar-refractivity contribution in [1.82, 2.24) is 0 Å². The first-order valence-electron chi connectivity index (χ1n) is 4.93. The lowest BCUT2D eigenvalue weighted by molar-refractivity contribution is 0.630. The quantitative estimate of drug-likeness (QED) is 0.764. The van der Waals surface area contributed by atoms with Crippen LogP contribution < -0.4 is 0 Å². The van der Waals surface area contributed by atoms with Gasteiger partial charge in [0.05, 0.1) is 5.69 Å². The summed E-state index contributed by atoms with van der Waals surface area (Å²) in [6.45, 7) is 0. The van der Waals surface area contributed by atoms with Gasteiger partial charge in [-0.25, -0.2) is 0 Å². The first-order valence-corrected chi connectivity index (χ1v) is 5.59. The van der Waals surface area contributed by atoms with Crippen molar-refractivity contribution in [1.29, 1.82) is 0 Å². The molecule has 17 heavy (non-hydrogen) atoms. The molecule has 2 aromatic rings. The lowest BCUT2D eigenvalue weighted by Gasteiger charge is -1.92. The lowest BCUT2D eigenvalue weighted by Crippen LogP contribution is -1.77. The minimum absolute atomic E-state index is 0.750. The zero-order valence-electron chi connectivity index (χ0n) is 9.02. The van der Waals surface area contributed by atoms with Crippen LogP contribution >= 0.6 is 0 Å². The second kappa shape index (κ2) is 8.13. The molecule has 0 saturated heterocycles. The summed E-state index contributed by atoms with van der Waals surface area (Å²) < 4.78 is 16.6. The smallest absolute Gasteiger partial charge is 0.256 e. The maximum Gasteiger partial charge on any atom is 0.335 e. The molecular weight excluding hydrogens is 234 g/mol. The van der Waals surface area contributed by atoms with Gasteiger partial charge >= 0.3 is 11.6 Å². The van der Waals surface area contributed by atoms with Crippen molar-refractivity contribution in [2.45, 2.75) is 0 Å². The van der Waals surface area contributed by atoms with E-state index < -0.39 is 11.6 Å². The summed E-state index contributed by atoms with van der Waals surface area (Å²) in [6.07, 6.45) is 1.87. The van der Waals surface area contributed by atoms with Gasteiger partial charge in [-0.2, -0.15) is 8.42 Å². The fraction of sp³-hybridized carbons (Fsp3) is 0. The Morgan fingerprint density at radius 1 is 0.824 bits per heavy atom. The molecule has 0 aliphatic rings. The maximum absolute atomic E-state index is 8.29. The molecule has 0 radical (unpaired) electrons. The van der Waals surface area contributed by atoms with Crippen LogP contribution in [0.3, 0.4) is 0 Å². The van der Waals surface area contributed by atoms with Gasteiger partial charge in [0.25, 0.3) is 0 Å². The highest BCUT2D eigenvalue weighted by Gasteiger charge is 1.85. The molecule has 0 fully saturated rings. The van der Waals surface area contributed by atoms with Crippen LogP contribution in [0.15, 0.2) is 65.7 Å². The Morgan fingerprint density at radius 2 is 1.29 bits per heavy atom. The first kappa shape index (κ1) is 13.0. The molecule has 0 atom stereocenters. The molecule has 0 aliphatic heterocycles. The van der Waals surface area contributed by atoms with Crippen molar-refractivity contribution in [3.05, 3.63) is 66.2 Å². The third kappa shape index (κ3) is 5.53. The van der Waals surface area contributed by atoms with Crippen molar-refractivity contribution < 1.29 is 8.42 Å². The molecule has 0 heterocycles. The largest absolute Gasteiger partial charge is 0.335 e. The minimum Gasteiger partial charge on any atom is -0.256 e. The van der Waals surface area contributed by atoms with E-state index in [4.69, 9.17) is 8.42 Å². The number of para-hydroxylation sites is 1. The van der Waals surface area contributed by atoms with Gasteiger partial charge in [-0.3, -0.25) is 4.99 Å². The van der Waals surface area contributed by atoms with Crippen molar-refractivity contribution in [3.8, 4) is 0 Å². The van der Waals surface area contributed by atoms with Gasteiger partial charge < -0.3 is 0 Å². The standard InChI is InChI=1S/C13H11N.O2S/c1-3-7-12(8-4-1)11-14-13-9-5-2-6-10-13;1-3-2/h1-11H;. The average Bonchev–Trinajstić information content (AvgIpc) is 2.40. The summed E-state index contributed by atoms with van der Waals surface area (Å²) in [5, 5.41) is 0. The van der Waals surface area contributed by atoms with E-state index in [2.05, 4.69) is 4.99 Å². The van der Waals surface area contributed by atoms with E-state index >= 15 is 0 Å². The Labute approximate surface area is 103 Å². The van der Waals surface area contributed by atoms with Crippen LogP contribution in [0, 0.1) is 0 Å². The van der Waals surface area contributed by atoms with Gasteiger partial charge in [-0.05, 0) is 17.7 Å². The number of nitrogens with zero attached hydrogens (tertiary/aromatic N) is 1. The number of aliphatic imine (C=N–C) groups is 1. The Kier molecular flexibility index (Phi) is 6.21. The number of rotatable bonds is 2. The summed E-state index contributed by atoms with van der Waals surface area (Å²) in [6, 6.07) is 20.0. The molecule has 0 aliphatic carbocycles. The number of benzene rings is 2. The molecule has 0 saturated carbocycles. The van der Waals surface area contributed by atoms with Crippen LogP contribution in [0.25, 0.3) is 0 Å². The van der Waals surface area contributed by atoms with E-state index in [0.29, 0.717) is 0 Å². The van der Waals surface area contributed by atoms with E-state index in [1.165, 1.54) is 0 Å². The molecule has 0 spiro atoms. The molecule has 4 heteroatoms. The lowest BCUT2D eigenvalue weighted by atomic mass is 10.2. The highest BCUT2D eigenvalue weighted by Crippen LogP contribution is 2.09. The number of hydrogen-bond acceptors (Lipinski definition) is 3. The van der Waals surface area contributed by atoms with Crippen molar-refractivity contribution in [3.63, 3.8) is 0 Å². The Balaban J connectivity index is 0.000000437.